The number of rotatable bonds is 4. The predicted molar refractivity (Wildman–Crippen MR) is 74.6 cm³/mol. The van der Waals surface area contributed by atoms with Crippen molar-refractivity contribution in [2.24, 2.45) is 7.05 Å². The van der Waals surface area contributed by atoms with Crippen LogP contribution in [-0.2, 0) is 13.6 Å². The number of halogens is 1. The lowest BCUT2D eigenvalue weighted by atomic mass is 10.2. The van der Waals surface area contributed by atoms with E-state index in [1.807, 2.05) is 19.1 Å². The topological polar surface area (TPSA) is 60.3 Å². The van der Waals surface area contributed by atoms with Gasteiger partial charge in [-0.05, 0) is 24.6 Å². The first-order chi connectivity index (χ1) is 9.61. The molecule has 0 aliphatic rings. The Morgan fingerprint density at radius 3 is 2.70 bits per heavy atom. The van der Waals surface area contributed by atoms with Gasteiger partial charge < -0.3 is 9.64 Å². The molecule has 7 heteroatoms. The van der Waals surface area contributed by atoms with Crippen molar-refractivity contribution >= 4 is 17.7 Å². The van der Waals surface area contributed by atoms with E-state index in [1.54, 1.807) is 24.3 Å². The third-order valence-corrected chi connectivity index (χ3v) is 3.23. The molecule has 0 bridgehead atoms. The molecule has 0 atom stereocenters. The minimum Gasteiger partial charge on any atom is -0.405 e. The molecule has 0 unspecified atom stereocenters. The summed E-state index contributed by atoms with van der Waals surface area (Å²) in [4.78, 5) is 17.6. The number of hydrogen-bond donors (Lipinski definition) is 0. The normalized spacial score (nSPS) is 10.3. The van der Waals surface area contributed by atoms with Crippen LogP contribution in [0.25, 0.3) is 0 Å². The number of ether oxygens (including phenoxy) is 1. The van der Waals surface area contributed by atoms with Crippen LogP contribution in [0.1, 0.15) is 12.5 Å². The van der Waals surface area contributed by atoms with Crippen molar-refractivity contribution < 1.29 is 9.53 Å². The SMILES string of the molecule is CCN(Cc1ccncc1)C(=O)Oc1cnn(C)c1Cl. The molecule has 0 N–H and O–H groups in total. The summed E-state index contributed by atoms with van der Waals surface area (Å²) in [5.41, 5.74) is 0.982. The molecule has 1 amide bonds. The smallest absolute Gasteiger partial charge is 0.405 e. The molecule has 0 fully saturated rings. The maximum Gasteiger partial charge on any atom is 0.415 e. The van der Waals surface area contributed by atoms with Gasteiger partial charge in [-0.3, -0.25) is 9.67 Å². The molecule has 2 heterocycles. The molecule has 0 aliphatic heterocycles. The van der Waals surface area contributed by atoms with Gasteiger partial charge in [-0.1, -0.05) is 11.6 Å². The first-order valence-corrected chi connectivity index (χ1v) is 6.52. The zero-order chi connectivity index (χ0) is 14.5. The predicted octanol–water partition coefficient (Wildman–Crippen LogP) is 2.49. The molecule has 0 saturated heterocycles. The maximum atomic E-state index is 12.1. The number of pyridine rings is 1. The van der Waals surface area contributed by atoms with Gasteiger partial charge in [0.15, 0.2) is 10.9 Å². The number of nitrogens with zero attached hydrogens (tertiary/aromatic N) is 4. The van der Waals surface area contributed by atoms with Crippen LogP contribution in [0.2, 0.25) is 5.15 Å². The Morgan fingerprint density at radius 2 is 2.15 bits per heavy atom. The number of carbonyl (C=O) groups is 1. The maximum absolute atomic E-state index is 12.1. The zero-order valence-corrected chi connectivity index (χ0v) is 12.0. The van der Waals surface area contributed by atoms with E-state index in [4.69, 9.17) is 16.3 Å². The second kappa shape index (κ2) is 6.38. The third-order valence-electron chi connectivity index (χ3n) is 2.80. The van der Waals surface area contributed by atoms with E-state index in [0.29, 0.717) is 18.2 Å². The van der Waals surface area contributed by atoms with E-state index in [9.17, 15) is 4.79 Å². The summed E-state index contributed by atoms with van der Waals surface area (Å²) < 4.78 is 6.68. The molecule has 0 aliphatic carbocycles. The van der Waals surface area contributed by atoms with Gasteiger partial charge in [0.2, 0.25) is 0 Å². The van der Waals surface area contributed by atoms with Gasteiger partial charge in [0, 0.05) is 32.5 Å². The summed E-state index contributed by atoms with van der Waals surface area (Å²) in [5.74, 6) is 0.257. The Bertz CT molecular complexity index is 585. The Kier molecular flexibility index (Phi) is 4.57. The summed E-state index contributed by atoms with van der Waals surface area (Å²) in [6.07, 6.45) is 4.33. The van der Waals surface area contributed by atoms with Crippen LogP contribution >= 0.6 is 11.6 Å². The monoisotopic (exact) mass is 294 g/mol. The number of aromatic nitrogens is 3. The van der Waals surface area contributed by atoms with Crippen LogP contribution < -0.4 is 4.74 Å². The van der Waals surface area contributed by atoms with Crippen LogP contribution in [0.15, 0.2) is 30.7 Å². The summed E-state index contributed by atoms with van der Waals surface area (Å²) in [7, 11) is 1.67. The molecule has 2 aromatic heterocycles. The largest absolute Gasteiger partial charge is 0.415 e. The molecule has 0 radical (unpaired) electrons. The quantitative estimate of drug-likeness (QED) is 0.869. The van der Waals surface area contributed by atoms with Gasteiger partial charge in [0.25, 0.3) is 0 Å². The van der Waals surface area contributed by atoms with Crippen LogP contribution in [0.4, 0.5) is 4.79 Å². The van der Waals surface area contributed by atoms with Crippen molar-refractivity contribution in [3.8, 4) is 5.75 Å². The lowest BCUT2D eigenvalue weighted by Crippen LogP contribution is -2.32. The average Bonchev–Trinajstić information content (AvgIpc) is 2.77. The molecule has 20 heavy (non-hydrogen) atoms. The first kappa shape index (κ1) is 14.3. The molecular weight excluding hydrogens is 280 g/mol. The fraction of sp³-hybridized carbons (Fsp3) is 0.308. The van der Waals surface area contributed by atoms with E-state index in [1.165, 1.54) is 10.9 Å². The van der Waals surface area contributed by atoms with Crippen molar-refractivity contribution in [3.63, 3.8) is 0 Å². The van der Waals surface area contributed by atoms with E-state index in [2.05, 4.69) is 10.1 Å². The highest BCUT2D eigenvalue weighted by Gasteiger charge is 2.17. The molecule has 0 aromatic carbocycles. The molecule has 0 spiro atoms. The van der Waals surface area contributed by atoms with E-state index in [-0.39, 0.29) is 5.75 Å². The summed E-state index contributed by atoms with van der Waals surface area (Å²) >= 11 is 5.96. The second-order valence-corrected chi connectivity index (χ2v) is 4.52. The number of aryl methyl sites for hydroxylation is 1. The van der Waals surface area contributed by atoms with E-state index >= 15 is 0 Å². The fourth-order valence-electron chi connectivity index (χ4n) is 1.64. The van der Waals surface area contributed by atoms with Gasteiger partial charge in [-0.15, -0.1) is 0 Å². The van der Waals surface area contributed by atoms with Crippen molar-refractivity contribution in [2.75, 3.05) is 6.54 Å². The summed E-state index contributed by atoms with van der Waals surface area (Å²) in [6.45, 7) is 2.86. The Labute approximate surface area is 121 Å². The van der Waals surface area contributed by atoms with Crippen LogP contribution in [-0.4, -0.2) is 32.3 Å². The van der Waals surface area contributed by atoms with Gasteiger partial charge in [0.1, 0.15) is 0 Å². The van der Waals surface area contributed by atoms with E-state index < -0.39 is 6.09 Å². The van der Waals surface area contributed by atoms with Crippen molar-refractivity contribution in [2.45, 2.75) is 13.5 Å². The highest BCUT2D eigenvalue weighted by Crippen LogP contribution is 2.23. The Balaban J connectivity index is 2.04. The van der Waals surface area contributed by atoms with Crippen molar-refractivity contribution in [1.82, 2.24) is 19.7 Å². The van der Waals surface area contributed by atoms with Gasteiger partial charge in [-0.2, -0.15) is 5.10 Å². The van der Waals surface area contributed by atoms with Crippen LogP contribution in [0, 0.1) is 0 Å². The van der Waals surface area contributed by atoms with Gasteiger partial charge in [-0.25, -0.2) is 4.79 Å². The lowest BCUT2D eigenvalue weighted by molar-refractivity contribution is 0.152. The summed E-state index contributed by atoms with van der Waals surface area (Å²) in [6, 6.07) is 3.71. The van der Waals surface area contributed by atoms with Crippen molar-refractivity contribution in [3.05, 3.63) is 41.4 Å². The van der Waals surface area contributed by atoms with Crippen LogP contribution in [0.3, 0.4) is 0 Å². The van der Waals surface area contributed by atoms with E-state index in [0.717, 1.165) is 5.56 Å². The molecule has 6 nitrogen and oxygen atoms in total. The standard InChI is InChI=1S/C13H15ClN4O2/c1-3-18(9-10-4-6-15-7-5-10)13(19)20-11-8-16-17(2)12(11)14/h4-8H,3,9H2,1-2H3. The van der Waals surface area contributed by atoms with Gasteiger partial charge in [0.05, 0.1) is 6.20 Å². The average molecular weight is 295 g/mol. The summed E-state index contributed by atoms with van der Waals surface area (Å²) in [5, 5.41) is 4.21. The molecular formula is C13H15ClN4O2. The first-order valence-electron chi connectivity index (χ1n) is 6.15. The molecule has 106 valence electrons. The number of carbonyl (C=O) groups excluding carboxylic acids is 1. The fourth-order valence-corrected chi connectivity index (χ4v) is 1.77. The Morgan fingerprint density at radius 1 is 1.45 bits per heavy atom. The molecule has 0 saturated carbocycles. The number of hydrogen-bond acceptors (Lipinski definition) is 4. The van der Waals surface area contributed by atoms with Gasteiger partial charge >= 0.3 is 6.09 Å². The third kappa shape index (κ3) is 3.27. The Hall–Kier alpha value is -2.08. The minimum atomic E-state index is -0.459. The van der Waals surface area contributed by atoms with Crippen LogP contribution in [0.5, 0.6) is 5.75 Å². The highest BCUT2D eigenvalue weighted by atomic mass is 35.5. The highest BCUT2D eigenvalue weighted by molar-refractivity contribution is 6.31. The zero-order valence-electron chi connectivity index (χ0n) is 11.3. The molecule has 2 aromatic rings. The lowest BCUT2D eigenvalue weighted by Gasteiger charge is -2.19. The number of amides is 1. The second-order valence-electron chi connectivity index (χ2n) is 4.16. The minimum absolute atomic E-state index is 0.257. The molecule has 2 rings (SSSR count). The van der Waals surface area contributed by atoms with Crippen molar-refractivity contribution in [1.29, 1.82) is 0 Å².